The van der Waals surface area contributed by atoms with Crippen molar-refractivity contribution in [1.29, 1.82) is 0 Å². The Hall–Kier alpha value is -4.55. The minimum atomic E-state index is -0.906. The van der Waals surface area contributed by atoms with Crippen LogP contribution in [-0.2, 0) is 16.8 Å². The number of hydrogen-bond donors (Lipinski definition) is 2. The fourth-order valence-corrected chi connectivity index (χ4v) is 7.39. The summed E-state index contributed by atoms with van der Waals surface area (Å²) in [6.45, 7) is 4.96. The Morgan fingerprint density at radius 1 is 0.980 bits per heavy atom. The van der Waals surface area contributed by atoms with E-state index in [1.54, 1.807) is 18.2 Å². The van der Waals surface area contributed by atoms with Crippen molar-refractivity contribution in [1.82, 2.24) is 19.8 Å². The molecule has 2 aliphatic heterocycles. The zero-order valence-electron chi connectivity index (χ0n) is 29.1. The summed E-state index contributed by atoms with van der Waals surface area (Å²) in [4.78, 5) is 33.6. The molecule has 3 heterocycles. The van der Waals surface area contributed by atoms with Gasteiger partial charge in [-0.1, -0.05) is 25.1 Å². The van der Waals surface area contributed by atoms with Crippen molar-refractivity contribution >= 4 is 28.5 Å². The van der Waals surface area contributed by atoms with E-state index in [1.807, 2.05) is 35.8 Å². The van der Waals surface area contributed by atoms with Crippen molar-refractivity contribution in [2.24, 2.45) is 0 Å². The van der Waals surface area contributed by atoms with Gasteiger partial charge in [0.25, 0.3) is 0 Å². The van der Waals surface area contributed by atoms with E-state index in [0.29, 0.717) is 54.4 Å². The largest absolute Gasteiger partial charge is 0.493 e. The lowest BCUT2D eigenvalue weighted by Gasteiger charge is -2.36. The van der Waals surface area contributed by atoms with E-state index >= 15 is 0 Å². The number of hydrogen-bond acceptors (Lipinski definition) is 9. The van der Waals surface area contributed by atoms with Crippen molar-refractivity contribution in [2.45, 2.75) is 63.1 Å². The number of rotatable bonds is 14. The van der Waals surface area contributed by atoms with Crippen molar-refractivity contribution in [3.63, 3.8) is 0 Å². The first-order valence-electron chi connectivity index (χ1n) is 17.2. The molecule has 266 valence electrons. The van der Waals surface area contributed by atoms with Gasteiger partial charge in [-0.3, -0.25) is 9.59 Å². The molecule has 0 saturated carbocycles. The number of imidazole rings is 1. The monoisotopic (exact) mass is 689 g/mol. The van der Waals surface area contributed by atoms with E-state index in [0.717, 1.165) is 49.6 Å². The molecule has 50 heavy (non-hydrogen) atoms. The third-order valence-electron chi connectivity index (χ3n) is 10.3. The summed E-state index contributed by atoms with van der Waals surface area (Å²) < 4.78 is 47.2. The Labute approximate surface area is 291 Å². The van der Waals surface area contributed by atoms with Gasteiger partial charge in [0.2, 0.25) is 11.7 Å². The zero-order chi connectivity index (χ0) is 35.4. The van der Waals surface area contributed by atoms with Gasteiger partial charge < -0.3 is 34.3 Å². The number of halogens is 2. The second-order valence-electron chi connectivity index (χ2n) is 13.2. The number of nitrogens with one attached hydrogen (secondary N) is 2. The van der Waals surface area contributed by atoms with Crippen LogP contribution in [0.4, 0.5) is 14.7 Å². The van der Waals surface area contributed by atoms with Crippen LogP contribution in [-0.4, -0.2) is 85.6 Å². The van der Waals surface area contributed by atoms with Crippen LogP contribution < -0.4 is 24.8 Å². The van der Waals surface area contributed by atoms with Gasteiger partial charge in [0, 0.05) is 37.5 Å². The Morgan fingerprint density at radius 3 is 2.44 bits per heavy atom. The minimum Gasteiger partial charge on any atom is -0.493 e. The molecular weight excluding hydrogens is 644 g/mol. The molecule has 2 aliphatic rings. The van der Waals surface area contributed by atoms with Crippen LogP contribution in [0.3, 0.4) is 0 Å². The number of piperidine rings is 1. The van der Waals surface area contributed by atoms with Crippen LogP contribution in [0.25, 0.3) is 11.0 Å². The molecule has 0 bridgehead atoms. The number of aromatic nitrogens is 2. The van der Waals surface area contributed by atoms with Crippen molar-refractivity contribution in [3.8, 4) is 17.2 Å². The summed E-state index contributed by atoms with van der Waals surface area (Å²) in [5.41, 5.74) is 2.19. The van der Waals surface area contributed by atoms with Gasteiger partial charge in [-0.15, -0.1) is 0 Å². The van der Waals surface area contributed by atoms with E-state index in [9.17, 15) is 18.4 Å². The number of ether oxygens (including phenoxy) is 3. The topological polar surface area (TPSA) is 107 Å². The Kier molecular flexibility index (Phi) is 10.7. The third kappa shape index (κ3) is 7.04. The number of Topliss-reactive ketones (excluding diaryl/α,β-unsaturated/α-hetero) is 2. The lowest BCUT2D eigenvalue weighted by atomic mass is 9.74. The Morgan fingerprint density at radius 2 is 1.74 bits per heavy atom. The first kappa shape index (κ1) is 35.3. The van der Waals surface area contributed by atoms with Crippen LogP contribution in [0.5, 0.6) is 17.2 Å². The van der Waals surface area contributed by atoms with Crippen molar-refractivity contribution < 1.29 is 32.6 Å². The quantitative estimate of drug-likeness (QED) is 0.160. The number of methoxy groups -OCH3 is 3. The van der Waals surface area contributed by atoms with Gasteiger partial charge >= 0.3 is 0 Å². The number of benzene rings is 3. The predicted octanol–water partition coefficient (Wildman–Crippen LogP) is 5.77. The predicted molar refractivity (Wildman–Crippen MR) is 188 cm³/mol. The first-order valence-corrected chi connectivity index (χ1v) is 17.2. The summed E-state index contributed by atoms with van der Waals surface area (Å²) in [5, 5.41) is 7.01. The molecule has 6 rings (SSSR count). The third-order valence-corrected chi connectivity index (χ3v) is 10.3. The van der Waals surface area contributed by atoms with Crippen LogP contribution in [0.2, 0.25) is 0 Å². The minimum absolute atomic E-state index is 0.147. The average molecular weight is 690 g/mol. The molecule has 3 aromatic carbocycles. The lowest BCUT2D eigenvalue weighted by molar-refractivity contribution is -0.119. The van der Waals surface area contributed by atoms with Gasteiger partial charge in [-0.2, -0.15) is 0 Å². The van der Waals surface area contributed by atoms with Crippen LogP contribution in [0.15, 0.2) is 54.6 Å². The number of ketones is 2. The first-order chi connectivity index (χ1) is 24.2. The number of fused-ring (bicyclic) bond motifs is 1. The maximum absolute atomic E-state index is 14.6. The summed E-state index contributed by atoms with van der Waals surface area (Å²) in [6.07, 6.45) is 3.26. The molecule has 0 spiro atoms. The standard InChI is InChI=1S/C38H45F2N5O5/c1-5-26(46)22-45-32-9-7-6-8-30(32)43-37(45)42-25-14-17-44(18-15-25)19-16-38(24-10-12-28(39)29(40)20-24)21-31(41-23-38)34(47)27-11-13-33(48-2)36(50-4)35(27)49-3/h6-13,20,25,31,41H,5,14-19,21-23H2,1-4H3,(H,42,43). The fourth-order valence-electron chi connectivity index (χ4n) is 7.39. The van der Waals surface area contributed by atoms with E-state index in [1.165, 1.54) is 27.4 Å². The summed E-state index contributed by atoms with van der Waals surface area (Å²) >= 11 is 0. The van der Waals surface area contributed by atoms with E-state index in [-0.39, 0.29) is 29.9 Å². The van der Waals surface area contributed by atoms with Crippen molar-refractivity contribution in [2.75, 3.05) is 52.8 Å². The lowest BCUT2D eigenvalue weighted by Crippen LogP contribution is -2.42. The van der Waals surface area contributed by atoms with Crippen LogP contribution in [0, 0.1) is 11.6 Å². The van der Waals surface area contributed by atoms with Gasteiger partial charge in [-0.25, -0.2) is 13.8 Å². The molecule has 0 amide bonds. The van der Waals surface area contributed by atoms with Gasteiger partial charge in [0.15, 0.2) is 34.7 Å². The Bertz CT molecular complexity index is 1860. The fraction of sp³-hybridized carbons (Fsp3) is 0.447. The number of para-hydroxylation sites is 2. The van der Waals surface area contributed by atoms with Gasteiger partial charge in [0.05, 0.1) is 50.5 Å². The average Bonchev–Trinajstić information content (AvgIpc) is 3.73. The molecule has 2 unspecified atom stereocenters. The van der Waals surface area contributed by atoms with E-state index in [2.05, 4.69) is 15.5 Å². The molecule has 1 aromatic heterocycles. The molecule has 10 nitrogen and oxygen atoms in total. The maximum atomic E-state index is 14.6. The normalized spacial score (nSPS) is 19.8. The molecule has 2 saturated heterocycles. The van der Waals surface area contributed by atoms with Crippen LogP contribution >= 0.6 is 0 Å². The zero-order valence-corrected chi connectivity index (χ0v) is 29.1. The highest BCUT2D eigenvalue weighted by atomic mass is 19.2. The number of carbonyl (C=O) groups excluding carboxylic acids is 2. The van der Waals surface area contributed by atoms with Gasteiger partial charge in [-0.05, 0) is 74.2 Å². The van der Waals surface area contributed by atoms with E-state index < -0.39 is 23.1 Å². The molecular formula is C38H45F2N5O5. The van der Waals surface area contributed by atoms with Gasteiger partial charge in [0.1, 0.15) is 0 Å². The number of anilines is 1. The second kappa shape index (κ2) is 15.1. The second-order valence-corrected chi connectivity index (χ2v) is 13.2. The molecule has 0 radical (unpaired) electrons. The molecule has 2 fully saturated rings. The highest BCUT2D eigenvalue weighted by molar-refractivity contribution is 6.03. The highest BCUT2D eigenvalue weighted by Crippen LogP contribution is 2.43. The highest BCUT2D eigenvalue weighted by Gasteiger charge is 2.44. The number of carbonyl (C=O) groups is 2. The molecule has 4 aromatic rings. The summed E-state index contributed by atoms with van der Waals surface area (Å²) in [6, 6.07) is 14.9. The smallest absolute Gasteiger partial charge is 0.204 e. The summed E-state index contributed by atoms with van der Waals surface area (Å²) in [5.74, 6) is -0.0667. The SMILES string of the molecule is CCC(=O)Cn1c(NC2CCN(CCC3(c4ccc(F)c(F)c4)CNC(C(=O)c4ccc(OC)c(OC)c4OC)C3)CC2)nc2ccccc21. The summed E-state index contributed by atoms with van der Waals surface area (Å²) in [7, 11) is 4.48. The maximum Gasteiger partial charge on any atom is 0.204 e. The molecule has 0 aliphatic carbocycles. The molecule has 12 heteroatoms. The number of nitrogens with zero attached hydrogens (tertiary/aromatic N) is 3. The molecule has 2 N–H and O–H groups in total. The van der Waals surface area contributed by atoms with Crippen molar-refractivity contribution in [3.05, 3.63) is 77.4 Å². The number of likely N-dealkylation sites (tertiary alicyclic amines) is 1. The van der Waals surface area contributed by atoms with Crippen LogP contribution in [0.1, 0.15) is 54.9 Å². The Balaban J connectivity index is 1.15. The van der Waals surface area contributed by atoms with E-state index in [4.69, 9.17) is 19.2 Å². The molecule has 2 atom stereocenters.